The van der Waals surface area contributed by atoms with Crippen LogP contribution in [0.25, 0.3) is 10.6 Å². The second-order valence-corrected chi connectivity index (χ2v) is 8.15. The fourth-order valence-corrected chi connectivity index (χ4v) is 3.99. The summed E-state index contributed by atoms with van der Waals surface area (Å²) in [5.41, 5.74) is 3.58. The smallest absolute Gasteiger partial charge is 0.123 e. The molecule has 1 aliphatic rings. The van der Waals surface area contributed by atoms with Crippen molar-refractivity contribution in [2.75, 3.05) is 32.8 Å². The molecule has 1 aliphatic heterocycles. The minimum absolute atomic E-state index is 0.280. The third kappa shape index (κ3) is 5.61. The number of benzene rings is 1. The molecule has 0 spiro atoms. The molecule has 4 nitrogen and oxygen atoms in total. The number of morpholine rings is 1. The van der Waals surface area contributed by atoms with Crippen LogP contribution in [0.4, 0.5) is 0 Å². The van der Waals surface area contributed by atoms with Gasteiger partial charge in [-0.1, -0.05) is 43.7 Å². The number of nitrogens with one attached hydrogen (secondary N) is 1. The van der Waals surface area contributed by atoms with Crippen LogP contribution < -0.4 is 5.32 Å². The summed E-state index contributed by atoms with van der Waals surface area (Å²) in [6.07, 6.45) is 0.280. The van der Waals surface area contributed by atoms with Gasteiger partial charge in [-0.3, -0.25) is 4.90 Å². The van der Waals surface area contributed by atoms with Gasteiger partial charge in [-0.25, -0.2) is 4.98 Å². The average Bonchev–Trinajstić information content (AvgIpc) is 3.04. The summed E-state index contributed by atoms with van der Waals surface area (Å²) in [6, 6.07) is 8.56. The molecule has 1 aromatic heterocycles. The molecular formula is C20H29N3OS. The zero-order valence-electron chi connectivity index (χ0n) is 15.5. The van der Waals surface area contributed by atoms with E-state index in [0.717, 1.165) is 50.0 Å². The van der Waals surface area contributed by atoms with E-state index >= 15 is 0 Å². The normalized spacial score (nSPS) is 18.8. The van der Waals surface area contributed by atoms with Gasteiger partial charge in [0.1, 0.15) is 5.01 Å². The minimum atomic E-state index is 0.280. The highest BCUT2D eigenvalue weighted by Crippen LogP contribution is 2.23. The van der Waals surface area contributed by atoms with Crippen LogP contribution in [0, 0.1) is 12.8 Å². The molecule has 25 heavy (non-hydrogen) atoms. The van der Waals surface area contributed by atoms with Crippen molar-refractivity contribution < 1.29 is 4.74 Å². The van der Waals surface area contributed by atoms with Crippen molar-refractivity contribution in [3.63, 3.8) is 0 Å². The van der Waals surface area contributed by atoms with E-state index in [1.54, 1.807) is 11.3 Å². The van der Waals surface area contributed by atoms with E-state index in [9.17, 15) is 0 Å². The molecule has 1 atom stereocenters. The fourth-order valence-electron chi connectivity index (χ4n) is 3.16. The molecule has 1 fully saturated rings. The van der Waals surface area contributed by atoms with Gasteiger partial charge in [-0.05, 0) is 12.8 Å². The number of thiazole rings is 1. The number of aromatic nitrogens is 1. The van der Waals surface area contributed by atoms with Crippen molar-refractivity contribution in [3.05, 3.63) is 40.9 Å². The van der Waals surface area contributed by atoms with E-state index < -0.39 is 0 Å². The van der Waals surface area contributed by atoms with Gasteiger partial charge in [-0.2, -0.15) is 0 Å². The number of nitrogens with zero attached hydrogens (tertiary/aromatic N) is 2. The predicted octanol–water partition coefficient (Wildman–Crippen LogP) is 3.56. The maximum absolute atomic E-state index is 5.89. The highest BCUT2D eigenvalue weighted by atomic mass is 32.1. The van der Waals surface area contributed by atoms with E-state index in [-0.39, 0.29) is 6.10 Å². The quantitative estimate of drug-likeness (QED) is 0.820. The van der Waals surface area contributed by atoms with Gasteiger partial charge in [0, 0.05) is 43.7 Å². The lowest BCUT2D eigenvalue weighted by molar-refractivity contribution is -0.0303. The Hall–Kier alpha value is -1.27. The summed E-state index contributed by atoms with van der Waals surface area (Å²) in [5.74, 6) is 0.710. The van der Waals surface area contributed by atoms with Crippen molar-refractivity contribution in [3.8, 4) is 10.6 Å². The molecule has 1 unspecified atom stereocenters. The van der Waals surface area contributed by atoms with Crippen LogP contribution in [0.3, 0.4) is 0 Å². The van der Waals surface area contributed by atoms with Crippen LogP contribution >= 0.6 is 11.3 Å². The summed E-state index contributed by atoms with van der Waals surface area (Å²) in [4.78, 5) is 7.26. The molecule has 5 heteroatoms. The van der Waals surface area contributed by atoms with Crippen LogP contribution in [-0.2, 0) is 11.3 Å². The molecule has 2 aromatic rings. The monoisotopic (exact) mass is 359 g/mol. The van der Waals surface area contributed by atoms with Gasteiger partial charge in [0.05, 0.1) is 18.4 Å². The fraction of sp³-hybridized carbons (Fsp3) is 0.550. The topological polar surface area (TPSA) is 37.4 Å². The third-order valence-corrected chi connectivity index (χ3v) is 5.31. The number of hydrogen-bond acceptors (Lipinski definition) is 5. The molecule has 3 rings (SSSR count). The Morgan fingerprint density at radius 2 is 2.12 bits per heavy atom. The maximum atomic E-state index is 5.89. The van der Waals surface area contributed by atoms with Crippen molar-refractivity contribution in [2.24, 2.45) is 5.92 Å². The largest absolute Gasteiger partial charge is 0.374 e. The van der Waals surface area contributed by atoms with Crippen LogP contribution in [0.1, 0.15) is 25.1 Å². The zero-order chi connectivity index (χ0) is 17.6. The second kappa shape index (κ2) is 8.90. The highest BCUT2D eigenvalue weighted by molar-refractivity contribution is 7.13. The lowest BCUT2D eigenvalue weighted by Crippen LogP contribution is -2.47. The molecule has 0 bridgehead atoms. The van der Waals surface area contributed by atoms with Gasteiger partial charge in [0.25, 0.3) is 0 Å². The lowest BCUT2D eigenvalue weighted by Gasteiger charge is -2.34. The van der Waals surface area contributed by atoms with Gasteiger partial charge >= 0.3 is 0 Å². The number of rotatable bonds is 7. The maximum Gasteiger partial charge on any atom is 0.123 e. The van der Waals surface area contributed by atoms with Gasteiger partial charge in [0.15, 0.2) is 0 Å². The van der Waals surface area contributed by atoms with Crippen LogP contribution in [0.2, 0.25) is 0 Å². The molecule has 0 amide bonds. The first-order valence-electron chi connectivity index (χ1n) is 9.16. The molecule has 1 saturated heterocycles. The Bertz CT molecular complexity index is 653. The van der Waals surface area contributed by atoms with E-state index in [1.165, 1.54) is 11.1 Å². The predicted molar refractivity (Wildman–Crippen MR) is 105 cm³/mol. The van der Waals surface area contributed by atoms with Gasteiger partial charge in [-0.15, -0.1) is 11.3 Å². The molecule has 136 valence electrons. The highest BCUT2D eigenvalue weighted by Gasteiger charge is 2.20. The molecule has 2 heterocycles. The molecule has 0 radical (unpaired) electrons. The SMILES string of the molecule is Cc1ccc(-c2nc(CNCC3CN(CC(C)C)CCO3)cs2)cc1. The first-order valence-corrected chi connectivity index (χ1v) is 10.0. The minimum Gasteiger partial charge on any atom is -0.374 e. The Kier molecular flexibility index (Phi) is 6.59. The number of hydrogen-bond donors (Lipinski definition) is 1. The summed E-state index contributed by atoms with van der Waals surface area (Å²) in [5, 5.41) is 6.75. The summed E-state index contributed by atoms with van der Waals surface area (Å²) in [7, 11) is 0. The first kappa shape index (κ1) is 18.5. The van der Waals surface area contributed by atoms with Crippen molar-refractivity contribution >= 4 is 11.3 Å². The van der Waals surface area contributed by atoms with E-state index in [1.807, 2.05) is 0 Å². The van der Waals surface area contributed by atoms with E-state index in [0.29, 0.717) is 5.92 Å². The Morgan fingerprint density at radius 3 is 2.88 bits per heavy atom. The first-order chi connectivity index (χ1) is 12.1. The van der Waals surface area contributed by atoms with Crippen LogP contribution in [-0.4, -0.2) is 48.8 Å². The van der Waals surface area contributed by atoms with Crippen molar-refractivity contribution in [1.29, 1.82) is 0 Å². The lowest BCUT2D eigenvalue weighted by atomic mass is 10.2. The van der Waals surface area contributed by atoms with Crippen molar-refractivity contribution in [2.45, 2.75) is 33.4 Å². The molecule has 0 saturated carbocycles. The third-order valence-electron chi connectivity index (χ3n) is 4.37. The number of aryl methyl sites for hydroxylation is 1. The Morgan fingerprint density at radius 1 is 1.32 bits per heavy atom. The Balaban J connectivity index is 1.45. The molecular weight excluding hydrogens is 330 g/mol. The average molecular weight is 360 g/mol. The molecule has 0 aliphatic carbocycles. The summed E-state index contributed by atoms with van der Waals surface area (Å²) >= 11 is 1.71. The van der Waals surface area contributed by atoms with Crippen molar-refractivity contribution in [1.82, 2.24) is 15.2 Å². The number of ether oxygens (including phenoxy) is 1. The van der Waals surface area contributed by atoms with Gasteiger partial charge < -0.3 is 10.1 Å². The zero-order valence-corrected chi connectivity index (χ0v) is 16.3. The molecule has 1 aromatic carbocycles. The van der Waals surface area contributed by atoms with Gasteiger partial charge in [0.2, 0.25) is 0 Å². The van der Waals surface area contributed by atoms with Crippen LogP contribution in [0.5, 0.6) is 0 Å². The van der Waals surface area contributed by atoms with E-state index in [4.69, 9.17) is 9.72 Å². The standard InChI is InChI=1S/C20H29N3OS/c1-15(2)12-23-8-9-24-19(13-23)11-21-10-18-14-25-20(22-18)17-6-4-16(3)5-7-17/h4-7,14-15,19,21H,8-13H2,1-3H3. The second-order valence-electron chi connectivity index (χ2n) is 7.29. The van der Waals surface area contributed by atoms with Crippen LogP contribution in [0.15, 0.2) is 29.6 Å². The molecule has 1 N–H and O–H groups in total. The summed E-state index contributed by atoms with van der Waals surface area (Å²) < 4.78 is 5.89. The van der Waals surface area contributed by atoms with E-state index in [2.05, 4.69) is 60.6 Å². The Labute approximate surface area is 155 Å². The summed E-state index contributed by atoms with van der Waals surface area (Å²) in [6.45, 7) is 12.4.